The van der Waals surface area contributed by atoms with Crippen molar-refractivity contribution < 1.29 is 9.47 Å². The Morgan fingerprint density at radius 3 is 1.86 bits per heavy atom. The summed E-state index contributed by atoms with van der Waals surface area (Å²) in [6.45, 7) is 6.90. The van der Waals surface area contributed by atoms with Crippen LogP contribution in [0.25, 0.3) is 43.8 Å². The van der Waals surface area contributed by atoms with Crippen LogP contribution in [0.5, 0.6) is 23.0 Å². The van der Waals surface area contributed by atoms with Crippen LogP contribution in [0.4, 0.5) is 17.1 Å². The van der Waals surface area contributed by atoms with E-state index in [4.69, 9.17) is 9.47 Å². The third-order valence-electron chi connectivity index (χ3n) is 10.9. The lowest BCUT2D eigenvalue weighted by atomic mass is 9.82. The van der Waals surface area contributed by atoms with E-state index in [9.17, 15) is 0 Å². The van der Waals surface area contributed by atoms with Crippen molar-refractivity contribution in [2.45, 2.75) is 26.2 Å². The second-order valence-electron chi connectivity index (χ2n) is 14.2. The highest BCUT2D eigenvalue weighted by Crippen LogP contribution is 2.52. The van der Waals surface area contributed by atoms with Crippen molar-refractivity contribution in [3.8, 4) is 45.3 Å². The summed E-state index contributed by atoms with van der Waals surface area (Å²) in [6.07, 6.45) is 0. The Morgan fingerprint density at radius 2 is 1.06 bits per heavy atom. The fraction of sp³-hybridized carbons (Fsp3) is 0.0833. The van der Waals surface area contributed by atoms with Gasteiger partial charge in [0.05, 0.1) is 5.69 Å². The van der Waals surface area contributed by atoms with Crippen LogP contribution in [0.1, 0.15) is 30.5 Å². The molecule has 10 rings (SSSR count). The number of ether oxygens (including phenoxy) is 2. The number of anilines is 3. The van der Waals surface area contributed by atoms with E-state index in [1.807, 2.05) is 24.3 Å². The second-order valence-corrected chi connectivity index (χ2v) is 14.2. The first-order valence-electron chi connectivity index (χ1n) is 17.6. The normalized spacial score (nSPS) is 13.5. The Hall–Kier alpha value is -6.32. The molecule has 0 spiro atoms. The molecular weight excluding hydrogens is 623 g/mol. The van der Waals surface area contributed by atoms with Gasteiger partial charge in [-0.1, -0.05) is 111 Å². The predicted octanol–water partition coefficient (Wildman–Crippen LogP) is 13.6. The zero-order valence-corrected chi connectivity index (χ0v) is 28.8. The van der Waals surface area contributed by atoms with Gasteiger partial charge in [-0.2, -0.15) is 0 Å². The molecule has 2 aliphatic rings. The van der Waals surface area contributed by atoms with Crippen LogP contribution in [0, 0.1) is 6.92 Å². The minimum Gasteiger partial charge on any atom is -0.449 e. The molecule has 3 nitrogen and oxygen atoms in total. The second kappa shape index (κ2) is 11.1. The summed E-state index contributed by atoms with van der Waals surface area (Å²) in [5.74, 6) is 2.95. The van der Waals surface area contributed by atoms with Gasteiger partial charge in [0.1, 0.15) is 0 Å². The molecular formula is C48H35NO2. The van der Waals surface area contributed by atoms with Crippen molar-refractivity contribution in [3.63, 3.8) is 0 Å². The predicted molar refractivity (Wildman–Crippen MR) is 210 cm³/mol. The van der Waals surface area contributed by atoms with Crippen molar-refractivity contribution in [3.05, 3.63) is 174 Å². The maximum atomic E-state index is 6.31. The Kier molecular flexibility index (Phi) is 6.44. The molecule has 0 saturated carbocycles. The number of rotatable bonds is 4. The first kappa shape index (κ1) is 29.6. The Morgan fingerprint density at radius 1 is 0.451 bits per heavy atom. The fourth-order valence-electron chi connectivity index (χ4n) is 8.29. The van der Waals surface area contributed by atoms with Crippen molar-refractivity contribution in [2.24, 2.45) is 0 Å². The van der Waals surface area contributed by atoms with Gasteiger partial charge in [0.25, 0.3) is 0 Å². The van der Waals surface area contributed by atoms with Gasteiger partial charge in [0.15, 0.2) is 23.0 Å². The van der Waals surface area contributed by atoms with E-state index in [-0.39, 0.29) is 5.41 Å². The van der Waals surface area contributed by atoms with Gasteiger partial charge in [-0.25, -0.2) is 0 Å². The van der Waals surface area contributed by atoms with E-state index < -0.39 is 0 Å². The maximum absolute atomic E-state index is 6.31. The lowest BCUT2D eigenvalue weighted by molar-refractivity contribution is 0.360. The molecule has 0 radical (unpaired) electrons. The largest absolute Gasteiger partial charge is 0.449 e. The van der Waals surface area contributed by atoms with Crippen molar-refractivity contribution in [2.75, 3.05) is 4.90 Å². The molecule has 0 atom stereocenters. The third-order valence-corrected chi connectivity index (χ3v) is 10.9. The first-order valence-corrected chi connectivity index (χ1v) is 17.6. The molecule has 51 heavy (non-hydrogen) atoms. The summed E-state index contributed by atoms with van der Waals surface area (Å²) in [5.41, 5.74) is 12.2. The molecule has 8 aromatic rings. The van der Waals surface area contributed by atoms with Crippen molar-refractivity contribution in [1.29, 1.82) is 0 Å². The number of hydrogen-bond donors (Lipinski definition) is 0. The monoisotopic (exact) mass is 657 g/mol. The maximum Gasteiger partial charge on any atom is 0.170 e. The lowest BCUT2D eigenvalue weighted by Gasteiger charge is -2.30. The number of benzene rings is 8. The highest BCUT2D eigenvalue weighted by atomic mass is 16.6. The van der Waals surface area contributed by atoms with Gasteiger partial charge < -0.3 is 14.4 Å². The van der Waals surface area contributed by atoms with Crippen LogP contribution < -0.4 is 14.4 Å². The number of hydrogen-bond acceptors (Lipinski definition) is 3. The number of fused-ring (bicyclic) bond motifs is 7. The average Bonchev–Trinajstić information content (AvgIpc) is 3.39. The molecule has 1 heterocycles. The Labute approximate surface area is 298 Å². The van der Waals surface area contributed by atoms with Crippen LogP contribution in [0.15, 0.2) is 158 Å². The molecule has 8 aromatic carbocycles. The molecule has 0 bridgehead atoms. The minimum absolute atomic E-state index is 0.114. The van der Waals surface area contributed by atoms with Gasteiger partial charge >= 0.3 is 0 Å². The molecule has 0 amide bonds. The first-order chi connectivity index (χ1) is 24.9. The van der Waals surface area contributed by atoms with Gasteiger partial charge in [-0.05, 0) is 123 Å². The van der Waals surface area contributed by atoms with E-state index in [0.717, 1.165) is 50.8 Å². The molecule has 0 fully saturated rings. The molecule has 0 unspecified atom stereocenters. The van der Waals surface area contributed by atoms with Crippen LogP contribution in [-0.2, 0) is 5.41 Å². The fourth-order valence-corrected chi connectivity index (χ4v) is 8.29. The van der Waals surface area contributed by atoms with Crippen molar-refractivity contribution in [1.82, 2.24) is 0 Å². The highest BCUT2D eigenvalue weighted by molar-refractivity contribution is 6.05. The summed E-state index contributed by atoms with van der Waals surface area (Å²) < 4.78 is 12.6. The van der Waals surface area contributed by atoms with E-state index >= 15 is 0 Å². The molecule has 3 heteroatoms. The molecule has 244 valence electrons. The summed E-state index contributed by atoms with van der Waals surface area (Å²) in [7, 11) is 0. The molecule has 1 aliphatic heterocycles. The standard InChI is InChI=1S/C48H35NO2/c1-30-36-23-21-34(26-32(36)25-33-27-46-47(29-40(30)33)51-45-20-12-11-19-44(45)50-46)49(43-18-10-8-15-37(43)31-13-5-4-6-14-31)35-22-24-39-38-16-7-9-17-41(38)48(2,3)42(39)28-35/h4-29H,1-3H3. The number of para-hydroxylation sites is 3. The van der Waals surface area contributed by atoms with Gasteiger partial charge in [-0.15, -0.1) is 0 Å². The van der Waals surface area contributed by atoms with Gasteiger partial charge in [-0.3, -0.25) is 0 Å². The molecule has 1 aliphatic carbocycles. The molecule has 0 aromatic heterocycles. The number of nitrogens with zero attached hydrogens (tertiary/aromatic N) is 1. The quantitative estimate of drug-likeness (QED) is 0.176. The van der Waals surface area contributed by atoms with Crippen LogP contribution in [0.3, 0.4) is 0 Å². The summed E-state index contributed by atoms with van der Waals surface area (Å²) in [5, 5.41) is 4.66. The molecule has 0 saturated heterocycles. The van der Waals surface area contributed by atoms with Gasteiger partial charge in [0.2, 0.25) is 0 Å². The Balaban J connectivity index is 1.17. The zero-order chi connectivity index (χ0) is 34.3. The van der Waals surface area contributed by atoms with Crippen LogP contribution >= 0.6 is 0 Å². The molecule has 0 N–H and O–H groups in total. The third kappa shape index (κ3) is 4.58. The minimum atomic E-state index is -0.114. The highest BCUT2D eigenvalue weighted by Gasteiger charge is 2.36. The van der Waals surface area contributed by atoms with E-state index in [1.54, 1.807) is 0 Å². The SMILES string of the molecule is Cc1c2ccc(N(c3ccc4c(c3)C(C)(C)c3ccccc3-4)c3ccccc3-c3ccccc3)cc2cc2cc3c(cc12)Oc1ccccc1O3. The van der Waals surface area contributed by atoms with Crippen LogP contribution in [0.2, 0.25) is 0 Å². The number of aryl methyl sites for hydroxylation is 1. The summed E-state index contributed by atoms with van der Waals surface area (Å²) in [6, 6.07) is 56.5. The summed E-state index contributed by atoms with van der Waals surface area (Å²) >= 11 is 0. The summed E-state index contributed by atoms with van der Waals surface area (Å²) in [4.78, 5) is 2.43. The smallest absolute Gasteiger partial charge is 0.170 e. The average molecular weight is 658 g/mol. The topological polar surface area (TPSA) is 21.7 Å². The van der Waals surface area contributed by atoms with Crippen molar-refractivity contribution >= 4 is 38.6 Å². The zero-order valence-electron chi connectivity index (χ0n) is 28.8. The van der Waals surface area contributed by atoms with Crippen LogP contribution in [-0.4, -0.2) is 0 Å². The lowest BCUT2D eigenvalue weighted by Crippen LogP contribution is -2.16. The van der Waals surface area contributed by atoms with Gasteiger partial charge in [0, 0.05) is 22.4 Å². The van der Waals surface area contributed by atoms with E-state index in [0.29, 0.717) is 0 Å². The van der Waals surface area contributed by atoms with E-state index in [1.165, 1.54) is 49.7 Å². The van der Waals surface area contributed by atoms with E-state index in [2.05, 4.69) is 159 Å². The Bertz CT molecular complexity index is 2690.